The number of nitriles is 1. The van der Waals surface area contributed by atoms with Crippen LogP contribution in [-0.4, -0.2) is 65.4 Å². The number of ether oxygens (including phenoxy) is 2. The highest BCUT2D eigenvalue weighted by Gasteiger charge is 2.08. The normalized spacial score (nSPS) is 11.4. The molecular formula is C25H38N6O3. The molecule has 2 N–H and O–H groups in total. The molecule has 0 saturated heterocycles. The number of rotatable bonds is 14. The highest BCUT2D eigenvalue weighted by Crippen LogP contribution is 2.30. The van der Waals surface area contributed by atoms with E-state index in [2.05, 4.69) is 38.4 Å². The van der Waals surface area contributed by atoms with Crippen LogP contribution in [0.4, 0.5) is 5.69 Å². The third-order valence-corrected chi connectivity index (χ3v) is 4.87. The number of nitrogens with one attached hydrogen (secondary N) is 2. The van der Waals surface area contributed by atoms with Gasteiger partial charge in [0.25, 0.3) is 0 Å². The summed E-state index contributed by atoms with van der Waals surface area (Å²) in [5.74, 6) is 3.09. The first-order chi connectivity index (χ1) is 16.4. The van der Waals surface area contributed by atoms with Gasteiger partial charge in [-0.3, -0.25) is 0 Å². The molecule has 0 radical (unpaired) electrons. The summed E-state index contributed by atoms with van der Waals surface area (Å²) in [7, 11) is 8.03. The van der Waals surface area contributed by atoms with Crippen LogP contribution in [0.15, 0.2) is 39.7 Å². The maximum atomic E-state index is 8.93. The van der Waals surface area contributed by atoms with E-state index in [1.54, 1.807) is 0 Å². The molecule has 0 aliphatic heterocycles. The Labute approximate surface area is 203 Å². The topological polar surface area (TPSA) is 98.3 Å². The minimum atomic E-state index is 0.446. The molecule has 0 spiro atoms. The van der Waals surface area contributed by atoms with E-state index in [4.69, 9.17) is 19.2 Å². The predicted molar refractivity (Wildman–Crippen MR) is 135 cm³/mol. The van der Waals surface area contributed by atoms with Crippen molar-refractivity contribution in [1.29, 1.82) is 5.26 Å². The summed E-state index contributed by atoms with van der Waals surface area (Å²) in [6, 6.07) is 9.98. The molecule has 9 nitrogen and oxygen atoms in total. The molecule has 9 heteroatoms. The van der Waals surface area contributed by atoms with E-state index >= 15 is 0 Å². The Bertz CT molecular complexity index is 933. The van der Waals surface area contributed by atoms with Gasteiger partial charge in [-0.2, -0.15) is 5.26 Å². The van der Waals surface area contributed by atoms with Crippen molar-refractivity contribution in [2.75, 3.05) is 59.4 Å². The van der Waals surface area contributed by atoms with Crippen molar-refractivity contribution < 1.29 is 13.9 Å². The zero-order valence-corrected chi connectivity index (χ0v) is 21.1. The van der Waals surface area contributed by atoms with E-state index in [-0.39, 0.29) is 0 Å². The molecular weight excluding hydrogens is 432 g/mol. The van der Waals surface area contributed by atoms with Crippen LogP contribution >= 0.6 is 0 Å². The second-order valence-corrected chi connectivity index (χ2v) is 8.44. The Kier molecular flexibility index (Phi) is 11.8. The Morgan fingerprint density at radius 2 is 1.74 bits per heavy atom. The summed E-state index contributed by atoms with van der Waals surface area (Å²) >= 11 is 0. The van der Waals surface area contributed by atoms with Crippen LogP contribution in [0.5, 0.6) is 5.75 Å². The van der Waals surface area contributed by atoms with Gasteiger partial charge in [0.1, 0.15) is 23.9 Å². The number of para-hydroxylation sites is 1. The van der Waals surface area contributed by atoms with Crippen molar-refractivity contribution in [2.24, 2.45) is 4.99 Å². The second-order valence-electron chi connectivity index (χ2n) is 8.44. The third-order valence-electron chi connectivity index (χ3n) is 4.87. The van der Waals surface area contributed by atoms with E-state index in [9.17, 15) is 0 Å². The molecule has 2 rings (SSSR count). The summed E-state index contributed by atoms with van der Waals surface area (Å²) in [6.07, 6.45) is 3.38. The van der Waals surface area contributed by atoms with Crippen LogP contribution in [0.3, 0.4) is 0 Å². The molecule has 0 amide bonds. The summed E-state index contributed by atoms with van der Waals surface area (Å²) < 4.78 is 17.4. The molecule has 0 fully saturated rings. The average molecular weight is 471 g/mol. The number of aryl methyl sites for hydroxylation is 1. The van der Waals surface area contributed by atoms with Gasteiger partial charge in [0.2, 0.25) is 12.2 Å². The number of furan rings is 1. The van der Waals surface area contributed by atoms with Gasteiger partial charge in [-0.1, -0.05) is 12.1 Å². The minimum absolute atomic E-state index is 0.446. The Morgan fingerprint density at radius 3 is 2.41 bits per heavy atom. The van der Waals surface area contributed by atoms with Crippen LogP contribution in [0.2, 0.25) is 0 Å². The number of aliphatic imine (C=N–C) groups is 1. The fraction of sp³-hybridized carbons (Fsp3) is 0.520. The van der Waals surface area contributed by atoms with Gasteiger partial charge < -0.3 is 34.3 Å². The molecule has 186 valence electrons. The fourth-order valence-electron chi connectivity index (χ4n) is 3.42. The first-order valence-electron chi connectivity index (χ1n) is 11.5. The van der Waals surface area contributed by atoms with Gasteiger partial charge in [-0.15, -0.1) is 4.99 Å². The monoisotopic (exact) mass is 470 g/mol. The maximum absolute atomic E-state index is 8.93. The molecule has 2 aromatic rings. The van der Waals surface area contributed by atoms with Crippen molar-refractivity contribution in [3.63, 3.8) is 0 Å². The molecule has 0 aliphatic rings. The first-order valence-corrected chi connectivity index (χ1v) is 11.5. The van der Waals surface area contributed by atoms with Crippen LogP contribution in [0.1, 0.15) is 29.9 Å². The number of benzene rings is 1. The zero-order chi connectivity index (χ0) is 24.8. The van der Waals surface area contributed by atoms with Gasteiger partial charge in [-0.25, -0.2) is 0 Å². The van der Waals surface area contributed by atoms with E-state index in [1.807, 2.05) is 58.6 Å². The molecule has 34 heavy (non-hydrogen) atoms. The minimum Gasteiger partial charge on any atom is -0.491 e. The number of guanidine groups is 1. The molecule has 0 bridgehead atoms. The molecule has 1 heterocycles. The van der Waals surface area contributed by atoms with Crippen molar-refractivity contribution in [3.8, 4) is 11.9 Å². The molecule has 1 aromatic carbocycles. The molecule has 0 aliphatic carbocycles. The highest BCUT2D eigenvalue weighted by atomic mass is 16.5. The van der Waals surface area contributed by atoms with Crippen LogP contribution in [0.25, 0.3) is 0 Å². The third kappa shape index (κ3) is 9.73. The van der Waals surface area contributed by atoms with Gasteiger partial charge in [0.05, 0.1) is 18.8 Å². The summed E-state index contributed by atoms with van der Waals surface area (Å²) in [5, 5.41) is 15.2. The lowest BCUT2D eigenvalue weighted by molar-refractivity contribution is 0.103. The van der Waals surface area contributed by atoms with Gasteiger partial charge in [0.15, 0.2) is 0 Å². The van der Waals surface area contributed by atoms with E-state index in [1.165, 1.54) is 5.56 Å². The maximum Gasteiger partial charge on any atom is 0.209 e. The Hall–Kier alpha value is -3.22. The lowest BCUT2D eigenvalue weighted by Gasteiger charge is -2.20. The number of hydrogen-bond donors (Lipinski definition) is 2. The molecule has 0 unspecified atom stereocenters. The highest BCUT2D eigenvalue weighted by molar-refractivity contribution is 5.80. The van der Waals surface area contributed by atoms with Crippen LogP contribution < -0.4 is 20.3 Å². The Balaban J connectivity index is 1.60. The molecule has 0 saturated carbocycles. The largest absolute Gasteiger partial charge is 0.491 e. The van der Waals surface area contributed by atoms with Gasteiger partial charge in [-0.05, 0) is 57.6 Å². The van der Waals surface area contributed by atoms with Crippen molar-refractivity contribution in [2.45, 2.75) is 32.9 Å². The van der Waals surface area contributed by atoms with Gasteiger partial charge in [0, 0.05) is 33.8 Å². The standard InChI is InChI=1S/C25H38N6O3/c1-20-9-6-10-23(24(20)31(4)5)33-16-8-14-28-25(29-19-26)27-13-7-15-32-18-22-12-11-21(34-22)17-30(2)3/h6,9-12H,7-8,13-18H2,1-5H3,(H2,27,28,29). The van der Waals surface area contributed by atoms with Crippen molar-refractivity contribution in [3.05, 3.63) is 47.4 Å². The zero-order valence-electron chi connectivity index (χ0n) is 21.1. The fourth-order valence-corrected chi connectivity index (χ4v) is 3.42. The lowest BCUT2D eigenvalue weighted by Crippen LogP contribution is -2.38. The second kappa shape index (κ2) is 14.8. The van der Waals surface area contributed by atoms with Crippen LogP contribution in [-0.2, 0) is 17.9 Å². The first kappa shape index (κ1) is 27.0. The molecule has 0 atom stereocenters. The van der Waals surface area contributed by atoms with Crippen molar-refractivity contribution >= 4 is 11.6 Å². The van der Waals surface area contributed by atoms with Crippen LogP contribution in [0, 0.1) is 18.4 Å². The van der Waals surface area contributed by atoms with Crippen molar-refractivity contribution in [1.82, 2.24) is 15.5 Å². The number of nitrogens with zero attached hydrogens (tertiary/aromatic N) is 4. The molecule has 1 aromatic heterocycles. The summed E-state index contributed by atoms with van der Waals surface area (Å²) in [6.45, 7) is 5.71. The number of anilines is 1. The number of hydrogen-bond acceptors (Lipinski definition) is 7. The van der Waals surface area contributed by atoms with E-state index in [0.717, 1.165) is 42.3 Å². The summed E-state index contributed by atoms with van der Waals surface area (Å²) in [5.41, 5.74) is 2.27. The summed E-state index contributed by atoms with van der Waals surface area (Å²) in [4.78, 5) is 7.93. The Morgan fingerprint density at radius 1 is 1.03 bits per heavy atom. The quantitative estimate of drug-likeness (QED) is 0.188. The average Bonchev–Trinajstić information content (AvgIpc) is 3.21. The van der Waals surface area contributed by atoms with Gasteiger partial charge >= 0.3 is 0 Å². The smallest absolute Gasteiger partial charge is 0.209 e. The van der Waals surface area contributed by atoms with E-state index < -0.39 is 0 Å². The predicted octanol–water partition coefficient (Wildman–Crippen LogP) is 3.11. The SMILES string of the molecule is Cc1cccc(OCCCN/C(=N/C#N)NCCCOCc2ccc(CN(C)C)o2)c1N(C)C. The lowest BCUT2D eigenvalue weighted by atomic mass is 10.1. The van der Waals surface area contributed by atoms with E-state index in [0.29, 0.717) is 38.9 Å².